The number of aromatic nitrogens is 2. The lowest BCUT2D eigenvalue weighted by atomic mass is 10.0. The van der Waals surface area contributed by atoms with E-state index < -0.39 is 0 Å². The maximum Gasteiger partial charge on any atom is 0.208 e. The Morgan fingerprint density at radius 1 is 1.37 bits per heavy atom. The van der Waals surface area contributed by atoms with Gasteiger partial charge in [0.2, 0.25) is 5.13 Å². The van der Waals surface area contributed by atoms with Crippen molar-refractivity contribution >= 4 is 16.5 Å². The van der Waals surface area contributed by atoms with Gasteiger partial charge in [-0.25, -0.2) is 0 Å². The van der Waals surface area contributed by atoms with E-state index in [1.165, 1.54) is 12.0 Å². The summed E-state index contributed by atoms with van der Waals surface area (Å²) in [6, 6.07) is 8.71. The topological polar surface area (TPSA) is 38.2 Å². The second-order valence-electron chi connectivity index (χ2n) is 4.73. The molecular formula is C14H17N3OS. The van der Waals surface area contributed by atoms with Crippen molar-refractivity contribution in [1.29, 1.82) is 0 Å². The minimum atomic E-state index is 0.391. The Labute approximate surface area is 117 Å². The first-order chi connectivity index (χ1) is 9.28. The molecule has 0 aliphatic carbocycles. The van der Waals surface area contributed by atoms with E-state index >= 15 is 0 Å². The zero-order valence-electron chi connectivity index (χ0n) is 11.2. The first-order valence-electron chi connectivity index (χ1n) is 6.48. The minimum absolute atomic E-state index is 0.391. The number of rotatable bonds is 3. The SMILES string of the molecule is COc1cccc(C2CCCN2c2nnc(C)s2)c1. The molecule has 0 saturated carbocycles. The van der Waals surface area contributed by atoms with Crippen LogP contribution < -0.4 is 9.64 Å². The molecule has 1 aromatic heterocycles. The van der Waals surface area contributed by atoms with Crippen LogP contribution in [0.5, 0.6) is 5.75 Å². The molecule has 2 heterocycles. The van der Waals surface area contributed by atoms with Gasteiger partial charge in [-0.15, -0.1) is 10.2 Å². The molecule has 1 saturated heterocycles. The molecular weight excluding hydrogens is 258 g/mol. The number of ether oxygens (including phenoxy) is 1. The summed E-state index contributed by atoms with van der Waals surface area (Å²) in [7, 11) is 1.71. The van der Waals surface area contributed by atoms with Crippen LogP contribution >= 0.6 is 11.3 Å². The van der Waals surface area contributed by atoms with Gasteiger partial charge in [0.15, 0.2) is 0 Å². The van der Waals surface area contributed by atoms with E-state index in [4.69, 9.17) is 4.74 Å². The second-order valence-corrected chi connectivity index (χ2v) is 5.89. The first-order valence-corrected chi connectivity index (χ1v) is 7.30. The highest BCUT2D eigenvalue weighted by molar-refractivity contribution is 7.15. The van der Waals surface area contributed by atoms with Gasteiger partial charge in [0, 0.05) is 6.54 Å². The van der Waals surface area contributed by atoms with Gasteiger partial charge in [0.1, 0.15) is 10.8 Å². The van der Waals surface area contributed by atoms with Crippen LogP contribution in [-0.4, -0.2) is 23.9 Å². The van der Waals surface area contributed by atoms with E-state index in [9.17, 15) is 0 Å². The number of hydrogen-bond acceptors (Lipinski definition) is 5. The van der Waals surface area contributed by atoms with E-state index in [1.807, 2.05) is 13.0 Å². The average Bonchev–Trinajstić information content (AvgIpc) is 3.07. The molecule has 0 bridgehead atoms. The molecule has 4 nitrogen and oxygen atoms in total. The highest BCUT2D eigenvalue weighted by Crippen LogP contribution is 2.38. The lowest BCUT2D eigenvalue weighted by molar-refractivity contribution is 0.414. The smallest absolute Gasteiger partial charge is 0.208 e. The number of nitrogens with zero attached hydrogens (tertiary/aromatic N) is 3. The number of benzene rings is 1. The van der Waals surface area contributed by atoms with Gasteiger partial charge in [-0.3, -0.25) is 0 Å². The summed E-state index contributed by atoms with van der Waals surface area (Å²) >= 11 is 1.67. The van der Waals surface area contributed by atoms with Crippen molar-refractivity contribution in [3.8, 4) is 5.75 Å². The van der Waals surface area contributed by atoms with Crippen molar-refractivity contribution in [3.63, 3.8) is 0 Å². The van der Waals surface area contributed by atoms with Crippen molar-refractivity contribution in [1.82, 2.24) is 10.2 Å². The summed E-state index contributed by atoms with van der Waals surface area (Å²) in [6.07, 6.45) is 2.35. The summed E-state index contributed by atoms with van der Waals surface area (Å²) in [5, 5.41) is 10.5. The summed E-state index contributed by atoms with van der Waals surface area (Å²) < 4.78 is 5.32. The van der Waals surface area contributed by atoms with Gasteiger partial charge in [-0.2, -0.15) is 0 Å². The molecule has 3 rings (SSSR count). The highest BCUT2D eigenvalue weighted by atomic mass is 32.1. The molecule has 1 aliphatic heterocycles. The predicted octanol–water partition coefficient (Wildman–Crippen LogP) is 3.20. The quantitative estimate of drug-likeness (QED) is 0.862. The molecule has 19 heavy (non-hydrogen) atoms. The van der Waals surface area contributed by atoms with E-state index in [2.05, 4.69) is 33.3 Å². The zero-order valence-corrected chi connectivity index (χ0v) is 12.0. The van der Waals surface area contributed by atoms with Crippen LogP contribution in [0.3, 0.4) is 0 Å². The van der Waals surface area contributed by atoms with Crippen LogP contribution in [0.25, 0.3) is 0 Å². The van der Waals surface area contributed by atoms with Gasteiger partial charge in [0.05, 0.1) is 13.2 Å². The van der Waals surface area contributed by atoms with Crippen molar-refractivity contribution in [2.75, 3.05) is 18.6 Å². The molecule has 0 N–H and O–H groups in total. The van der Waals surface area contributed by atoms with Crippen molar-refractivity contribution < 1.29 is 4.74 Å². The van der Waals surface area contributed by atoms with E-state index in [0.717, 1.165) is 28.9 Å². The molecule has 100 valence electrons. The monoisotopic (exact) mass is 275 g/mol. The molecule has 1 fully saturated rings. The number of hydrogen-bond donors (Lipinski definition) is 0. The number of methoxy groups -OCH3 is 1. The zero-order chi connectivity index (χ0) is 13.2. The van der Waals surface area contributed by atoms with Gasteiger partial charge in [-0.1, -0.05) is 23.5 Å². The molecule has 0 amide bonds. The molecule has 0 spiro atoms. The maximum absolute atomic E-state index is 5.32. The lowest BCUT2D eigenvalue weighted by Crippen LogP contribution is -2.22. The minimum Gasteiger partial charge on any atom is -0.497 e. The van der Waals surface area contributed by atoms with Gasteiger partial charge in [-0.05, 0) is 37.5 Å². The third kappa shape index (κ3) is 2.42. The normalized spacial score (nSPS) is 18.8. The molecule has 1 aliphatic rings. The molecule has 1 unspecified atom stereocenters. The van der Waals surface area contributed by atoms with Gasteiger partial charge < -0.3 is 9.64 Å². The van der Waals surface area contributed by atoms with Crippen LogP contribution in [0.4, 0.5) is 5.13 Å². The Morgan fingerprint density at radius 2 is 2.26 bits per heavy atom. The third-order valence-corrected chi connectivity index (χ3v) is 4.37. The number of aryl methyl sites for hydroxylation is 1. The Hall–Kier alpha value is -1.62. The lowest BCUT2D eigenvalue weighted by Gasteiger charge is -2.24. The first kappa shape index (κ1) is 12.4. The molecule has 1 atom stereocenters. The summed E-state index contributed by atoms with van der Waals surface area (Å²) in [5.41, 5.74) is 1.30. The van der Waals surface area contributed by atoms with Gasteiger partial charge in [0.25, 0.3) is 0 Å². The number of anilines is 1. The van der Waals surface area contributed by atoms with Crippen molar-refractivity contribution in [3.05, 3.63) is 34.8 Å². The standard InChI is InChI=1S/C14H17N3OS/c1-10-15-16-14(19-10)17-8-4-7-13(17)11-5-3-6-12(9-11)18-2/h3,5-6,9,13H,4,7-8H2,1-2H3. The molecule has 1 aromatic carbocycles. The van der Waals surface area contributed by atoms with E-state index in [0.29, 0.717) is 6.04 Å². The van der Waals surface area contributed by atoms with Crippen molar-refractivity contribution in [2.45, 2.75) is 25.8 Å². The average molecular weight is 275 g/mol. The van der Waals surface area contributed by atoms with Gasteiger partial charge >= 0.3 is 0 Å². The second kappa shape index (κ2) is 5.17. The van der Waals surface area contributed by atoms with Crippen LogP contribution in [0, 0.1) is 6.92 Å². The molecule has 2 aromatic rings. The molecule has 5 heteroatoms. The van der Waals surface area contributed by atoms with Crippen molar-refractivity contribution in [2.24, 2.45) is 0 Å². The Morgan fingerprint density at radius 3 is 3.00 bits per heavy atom. The van der Waals surface area contributed by atoms with Crippen LogP contribution in [0.15, 0.2) is 24.3 Å². The fourth-order valence-corrected chi connectivity index (χ4v) is 3.36. The van der Waals surface area contributed by atoms with Crippen LogP contribution in [0.2, 0.25) is 0 Å². The van der Waals surface area contributed by atoms with E-state index in [1.54, 1.807) is 18.4 Å². The third-order valence-electron chi connectivity index (χ3n) is 3.49. The maximum atomic E-state index is 5.32. The Kier molecular flexibility index (Phi) is 3.38. The summed E-state index contributed by atoms with van der Waals surface area (Å²) in [4.78, 5) is 2.36. The molecule has 0 radical (unpaired) electrons. The van der Waals surface area contributed by atoms with Crippen LogP contribution in [-0.2, 0) is 0 Å². The van der Waals surface area contributed by atoms with E-state index in [-0.39, 0.29) is 0 Å². The summed E-state index contributed by atoms with van der Waals surface area (Å²) in [6.45, 7) is 3.05. The summed E-state index contributed by atoms with van der Waals surface area (Å²) in [5.74, 6) is 0.915. The van der Waals surface area contributed by atoms with Crippen LogP contribution in [0.1, 0.15) is 29.5 Å². The fourth-order valence-electron chi connectivity index (χ4n) is 2.59. The largest absolute Gasteiger partial charge is 0.497 e. The predicted molar refractivity (Wildman–Crippen MR) is 77.0 cm³/mol. The highest BCUT2D eigenvalue weighted by Gasteiger charge is 2.28. The fraction of sp³-hybridized carbons (Fsp3) is 0.429. The Bertz CT molecular complexity index is 569. The Balaban J connectivity index is 1.90.